The third-order valence-electron chi connectivity index (χ3n) is 5.90. The smallest absolute Gasteiger partial charge is 0.255 e. The highest BCUT2D eigenvalue weighted by Crippen LogP contribution is 2.37. The maximum absolute atomic E-state index is 14.0. The van der Waals surface area contributed by atoms with Gasteiger partial charge in [0.15, 0.2) is 5.65 Å². The summed E-state index contributed by atoms with van der Waals surface area (Å²) >= 11 is 0. The first-order valence-corrected chi connectivity index (χ1v) is 10.8. The molecule has 1 saturated carbocycles. The van der Waals surface area contributed by atoms with Gasteiger partial charge in [0, 0.05) is 17.6 Å². The van der Waals surface area contributed by atoms with E-state index in [0.29, 0.717) is 5.56 Å². The van der Waals surface area contributed by atoms with Crippen LogP contribution in [-0.4, -0.2) is 31.6 Å². The van der Waals surface area contributed by atoms with E-state index < -0.39 is 0 Å². The predicted octanol–water partition coefficient (Wildman–Crippen LogP) is 5.64. The van der Waals surface area contributed by atoms with Gasteiger partial charge in [0.1, 0.15) is 5.76 Å². The molecule has 1 unspecified atom stereocenters. The zero-order chi connectivity index (χ0) is 21.5. The van der Waals surface area contributed by atoms with Crippen molar-refractivity contribution in [3.63, 3.8) is 0 Å². The third-order valence-corrected chi connectivity index (χ3v) is 5.90. The minimum Gasteiger partial charge on any atom is -0.467 e. The fraction of sp³-hybridized carbons (Fsp3) is 0.320. The van der Waals surface area contributed by atoms with Crippen LogP contribution in [0.25, 0.3) is 22.3 Å². The fourth-order valence-corrected chi connectivity index (χ4v) is 4.15. The molecule has 0 spiro atoms. The van der Waals surface area contributed by atoms with Gasteiger partial charge in [-0.3, -0.25) is 4.79 Å². The van der Waals surface area contributed by atoms with E-state index in [1.807, 2.05) is 65.0 Å². The van der Waals surface area contributed by atoms with E-state index in [0.717, 1.165) is 40.9 Å². The molecule has 1 aliphatic carbocycles. The minimum absolute atomic E-state index is 0.000660. The average Bonchev–Trinajstić information content (AvgIpc) is 3.28. The molecular weight excluding hydrogens is 388 g/mol. The molecule has 0 N–H and O–H groups in total. The Bertz CT molecular complexity index is 1210. The summed E-state index contributed by atoms with van der Waals surface area (Å²) in [6, 6.07) is 15.9. The van der Waals surface area contributed by atoms with E-state index >= 15 is 0 Å². The van der Waals surface area contributed by atoms with Crippen LogP contribution in [0, 0.1) is 0 Å². The van der Waals surface area contributed by atoms with Gasteiger partial charge in [0.05, 0.1) is 35.1 Å². The lowest BCUT2D eigenvalue weighted by Gasteiger charge is -2.28. The van der Waals surface area contributed by atoms with Gasteiger partial charge in [-0.25, -0.2) is 9.67 Å². The van der Waals surface area contributed by atoms with E-state index in [4.69, 9.17) is 9.40 Å². The van der Waals surface area contributed by atoms with Crippen LogP contribution >= 0.6 is 0 Å². The Morgan fingerprint density at radius 1 is 1.13 bits per heavy atom. The van der Waals surface area contributed by atoms with Gasteiger partial charge in [-0.15, -0.1) is 0 Å². The summed E-state index contributed by atoms with van der Waals surface area (Å²) < 4.78 is 7.52. The number of benzene rings is 1. The number of hydrogen-bond donors (Lipinski definition) is 0. The Kier molecular flexibility index (Phi) is 4.85. The van der Waals surface area contributed by atoms with Crippen molar-refractivity contribution in [2.75, 3.05) is 0 Å². The summed E-state index contributed by atoms with van der Waals surface area (Å²) in [5.41, 5.74) is 3.13. The van der Waals surface area contributed by atoms with Crippen LogP contribution in [0.2, 0.25) is 0 Å². The molecule has 0 saturated heterocycles. The molecule has 1 fully saturated rings. The first kappa shape index (κ1) is 19.5. The second-order valence-corrected chi connectivity index (χ2v) is 8.48. The van der Waals surface area contributed by atoms with Crippen LogP contribution in [0.5, 0.6) is 0 Å². The van der Waals surface area contributed by atoms with Gasteiger partial charge >= 0.3 is 0 Å². The Balaban J connectivity index is 1.66. The number of nitrogens with zero attached hydrogens (tertiary/aromatic N) is 4. The highest BCUT2D eigenvalue weighted by Gasteiger charge is 2.38. The lowest BCUT2D eigenvalue weighted by molar-refractivity contribution is 0.0654. The van der Waals surface area contributed by atoms with E-state index in [9.17, 15) is 4.79 Å². The number of amides is 1. The maximum Gasteiger partial charge on any atom is 0.255 e. The zero-order valence-corrected chi connectivity index (χ0v) is 18.0. The Labute approximate surface area is 181 Å². The summed E-state index contributed by atoms with van der Waals surface area (Å²) in [5, 5.41) is 5.34. The summed E-state index contributed by atoms with van der Waals surface area (Å²) in [6.45, 7) is 6.17. The molecule has 0 radical (unpaired) electrons. The van der Waals surface area contributed by atoms with Crippen LogP contribution in [-0.2, 0) is 0 Å². The van der Waals surface area contributed by atoms with Crippen molar-refractivity contribution in [1.29, 1.82) is 0 Å². The fourth-order valence-electron chi connectivity index (χ4n) is 4.15. The molecule has 0 aliphatic heterocycles. The van der Waals surface area contributed by atoms with Gasteiger partial charge < -0.3 is 9.32 Å². The third kappa shape index (κ3) is 3.52. The normalized spacial score (nSPS) is 14.8. The lowest BCUT2D eigenvalue weighted by atomic mass is 10.0. The molecular formula is C25H26N4O2. The number of fused-ring (bicyclic) bond motifs is 1. The summed E-state index contributed by atoms with van der Waals surface area (Å²) in [5.74, 6) is 0.797. The zero-order valence-electron chi connectivity index (χ0n) is 18.0. The topological polar surface area (TPSA) is 64.2 Å². The van der Waals surface area contributed by atoms with Gasteiger partial charge in [0.2, 0.25) is 0 Å². The van der Waals surface area contributed by atoms with Crippen molar-refractivity contribution in [2.24, 2.45) is 0 Å². The number of carbonyl (C=O) groups is 1. The summed E-state index contributed by atoms with van der Waals surface area (Å²) in [4.78, 5) is 20.8. The number of carbonyl (C=O) groups excluding carboxylic acids is 1. The lowest BCUT2D eigenvalue weighted by Crippen LogP contribution is -2.35. The standard InChI is InChI=1S/C25H26N4O2/c1-16(2)29-24-21(15-26-29)20(14-22(27-24)18-8-5-4-6-9-18)25(30)28(19-11-12-19)17(3)23-10-7-13-31-23/h4-10,13-17,19H,11-12H2,1-3H3. The first-order chi connectivity index (χ1) is 15.0. The molecule has 5 rings (SSSR count). The number of rotatable bonds is 6. The van der Waals surface area contributed by atoms with Gasteiger partial charge in [-0.2, -0.15) is 5.10 Å². The van der Waals surface area contributed by atoms with Crippen molar-refractivity contribution in [3.05, 3.63) is 72.3 Å². The van der Waals surface area contributed by atoms with Crippen molar-refractivity contribution in [3.8, 4) is 11.3 Å². The highest BCUT2D eigenvalue weighted by atomic mass is 16.3. The van der Waals surface area contributed by atoms with Crippen molar-refractivity contribution in [2.45, 2.75) is 51.7 Å². The van der Waals surface area contributed by atoms with Gasteiger partial charge in [0.25, 0.3) is 5.91 Å². The molecule has 1 aromatic carbocycles. The molecule has 6 nitrogen and oxygen atoms in total. The van der Waals surface area contributed by atoms with Crippen molar-refractivity contribution >= 4 is 16.9 Å². The number of pyridine rings is 1. The Hall–Kier alpha value is -3.41. The van der Waals surface area contributed by atoms with E-state index in [1.54, 1.807) is 12.5 Å². The largest absolute Gasteiger partial charge is 0.467 e. The van der Waals surface area contributed by atoms with Crippen molar-refractivity contribution in [1.82, 2.24) is 19.7 Å². The molecule has 3 heterocycles. The number of hydrogen-bond acceptors (Lipinski definition) is 4. The number of furan rings is 1. The second kappa shape index (κ2) is 7.69. The van der Waals surface area contributed by atoms with Crippen LogP contribution < -0.4 is 0 Å². The number of aromatic nitrogens is 3. The molecule has 6 heteroatoms. The van der Waals surface area contributed by atoms with Gasteiger partial charge in [-0.05, 0) is 51.8 Å². The van der Waals surface area contributed by atoms with E-state index in [-0.39, 0.29) is 24.0 Å². The second-order valence-electron chi connectivity index (χ2n) is 8.48. The van der Waals surface area contributed by atoms with Crippen LogP contribution in [0.4, 0.5) is 0 Å². The molecule has 31 heavy (non-hydrogen) atoms. The van der Waals surface area contributed by atoms with E-state index in [2.05, 4.69) is 18.9 Å². The molecule has 1 atom stereocenters. The molecule has 1 aliphatic rings. The minimum atomic E-state index is -0.140. The summed E-state index contributed by atoms with van der Waals surface area (Å²) in [7, 11) is 0. The van der Waals surface area contributed by atoms with Crippen molar-refractivity contribution < 1.29 is 9.21 Å². The monoisotopic (exact) mass is 414 g/mol. The van der Waals surface area contributed by atoms with Gasteiger partial charge in [-0.1, -0.05) is 30.3 Å². The SMILES string of the molecule is CC(c1ccco1)N(C(=O)c1cc(-c2ccccc2)nc2c1cnn2C(C)C)C1CC1. The first-order valence-electron chi connectivity index (χ1n) is 10.8. The van der Waals surface area contributed by atoms with Crippen LogP contribution in [0.3, 0.4) is 0 Å². The Morgan fingerprint density at radius 2 is 1.90 bits per heavy atom. The van der Waals surface area contributed by atoms with Crippen LogP contribution in [0.15, 0.2) is 65.4 Å². The molecule has 4 aromatic rings. The molecule has 1 amide bonds. The molecule has 3 aromatic heterocycles. The van der Waals surface area contributed by atoms with Crippen LogP contribution in [0.1, 0.15) is 61.8 Å². The average molecular weight is 415 g/mol. The highest BCUT2D eigenvalue weighted by molar-refractivity contribution is 6.06. The molecule has 158 valence electrons. The quantitative estimate of drug-likeness (QED) is 0.410. The van der Waals surface area contributed by atoms with E-state index in [1.165, 1.54) is 0 Å². The molecule has 0 bridgehead atoms. The predicted molar refractivity (Wildman–Crippen MR) is 120 cm³/mol. The summed E-state index contributed by atoms with van der Waals surface area (Å²) in [6.07, 6.45) is 5.46. The maximum atomic E-state index is 14.0. The Morgan fingerprint density at radius 3 is 2.55 bits per heavy atom.